The van der Waals surface area contributed by atoms with Gasteiger partial charge in [-0.05, 0) is 17.7 Å². The highest BCUT2D eigenvalue weighted by molar-refractivity contribution is 5.94. The fourth-order valence-electron chi connectivity index (χ4n) is 2.21. The summed E-state index contributed by atoms with van der Waals surface area (Å²) < 4.78 is 5.26. The first-order valence-electron chi connectivity index (χ1n) is 7.62. The van der Waals surface area contributed by atoms with Crippen molar-refractivity contribution in [3.8, 4) is 0 Å². The lowest BCUT2D eigenvalue weighted by Gasteiger charge is -2.27. The van der Waals surface area contributed by atoms with Crippen LogP contribution in [0.2, 0.25) is 0 Å². The van der Waals surface area contributed by atoms with Crippen molar-refractivity contribution in [1.29, 1.82) is 0 Å². The average Bonchev–Trinajstić information content (AvgIpc) is 2.52. The topological polar surface area (TPSA) is 58.6 Å². The van der Waals surface area contributed by atoms with Gasteiger partial charge in [0, 0.05) is 30.6 Å². The number of carbonyl (C=O) groups excluding carboxylic acids is 2. The van der Waals surface area contributed by atoms with Crippen LogP contribution in [0.3, 0.4) is 0 Å². The van der Waals surface area contributed by atoms with Crippen molar-refractivity contribution >= 4 is 11.8 Å². The zero-order valence-electron chi connectivity index (χ0n) is 13.5. The lowest BCUT2D eigenvalue weighted by Crippen LogP contribution is -2.40. The van der Waals surface area contributed by atoms with Crippen molar-refractivity contribution in [2.45, 2.75) is 27.3 Å². The first-order valence-corrected chi connectivity index (χ1v) is 7.62. The third-order valence-electron chi connectivity index (χ3n) is 3.61. The van der Waals surface area contributed by atoms with E-state index in [1.54, 1.807) is 4.90 Å². The number of benzene rings is 1. The first-order chi connectivity index (χ1) is 10.4. The Morgan fingerprint density at radius 2 is 1.91 bits per heavy atom. The van der Waals surface area contributed by atoms with E-state index in [0.717, 1.165) is 5.56 Å². The van der Waals surface area contributed by atoms with Gasteiger partial charge in [-0.1, -0.05) is 32.9 Å². The predicted octanol–water partition coefficient (Wildman–Crippen LogP) is 1.82. The summed E-state index contributed by atoms with van der Waals surface area (Å²) in [5, 5.41) is 2.90. The molecule has 1 aliphatic heterocycles. The molecule has 1 aromatic carbocycles. The third kappa shape index (κ3) is 4.31. The smallest absolute Gasteiger partial charge is 0.254 e. The highest BCUT2D eigenvalue weighted by Crippen LogP contribution is 2.14. The molecule has 5 nitrogen and oxygen atoms in total. The average molecular weight is 304 g/mol. The molecule has 1 aliphatic rings. The van der Waals surface area contributed by atoms with E-state index in [-0.39, 0.29) is 11.8 Å². The number of nitrogens with zero attached hydrogens (tertiary/aromatic N) is 1. The van der Waals surface area contributed by atoms with E-state index < -0.39 is 5.41 Å². The summed E-state index contributed by atoms with van der Waals surface area (Å²) in [4.78, 5) is 26.1. The van der Waals surface area contributed by atoms with Crippen LogP contribution in [-0.4, -0.2) is 43.0 Å². The fraction of sp³-hybridized carbons (Fsp3) is 0.529. The second-order valence-electron chi connectivity index (χ2n) is 6.54. The second-order valence-corrected chi connectivity index (χ2v) is 6.54. The summed E-state index contributed by atoms with van der Waals surface area (Å²) in [5.74, 6) is 0.0182. The summed E-state index contributed by atoms with van der Waals surface area (Å²) in [7, 11) is 0. The molecule has 0 spiro atoms. The zero-order valence-corrected chi connectivity index (χ0v) is 13.5. The van der Waals surface area contributed by atoms with Crippen LogP contribution in [0.15, 0.2) is 24.3 Å². The molecule has 0 unspecified atom stereocenters. The van der Waals surface area contributed by atoms with Gasteiger partial charge in [0.25, 0.3) is 5.91 Å². The number of carbonyl (C=O) groups is 2. The number of rotatable bonds is 3. The van der Waals surface area contributed by atoms with E-state index in [2.05, 4.69) is 5.32 Å². The van der Waals surface area contributed by atoms with E-state index in [1.165, 1.54) is 0 Å². The minimum atomic E-state index is -0.415. The zero-order chi connectivity index (χ0) is 16.2. The van der Waals surface area contributed by atoms with Gasteiger partial charge in [0.05, 0.1) is 13.2 Å². The lowest BCUT2D eigenvalue weighted by molar-refractivity contribution is -0.128. The molecule has 120 valence electrons. The van der Waals surface area contributed by atoms with Gasteiger partial charge in [0.15, 0.2) is 0 Å². The molecular weight excluding hydrogens is 280 g/mol. The van der Waals surface area contributed by atoms with E-state index in [0.29, 0.717) is 38.4 Å². The van der Waals surface area contributed by atoms with Crippen LogP contribution in [0, 0.1) is 5.41 Å². The summed E-state index contributed by atoms with van der Waals surface area (Å²) in [6, 6.07) is 7.43. The molecule has 1 aromatic rings. The molecule has 5 heteroatoms. The first kappa shape index (κ1) is 16.5. The van der Waals surface area contributed by atoms with Crippen LogP contribution in [0.4, 0.5) is 0 Å². The van der Waals surface area contributed by atoms with Crippen LogP contribution < -0.4 is 5.32 Å². The monoisotopic (exact) mass is 304 g/mol. The van der Waals surface area contributed by atoms with Gasteiger partial charge in [-0.3, -0.25) is 9.59 Å². The number of morpholine rings is 1. The van der Waals surface area contributed by atoms with Gasteiger partial charge in [-0.25, -0.2) is 0 Å². The number of hydrogen-bond acceptors (Lipinski definition) is 3. The van der Waals surface area contributed by atoms with Gasteiger partial charge in [0.1, 0.15) is 0 Å². The van der Waals surface area contributed by atoms with E-state index in [9.17, 15) is 9.59 Å². The maximum absolute atomic E-state index is 12.4. The molecule has 0 saturated carbocycles. The standard InChI is InChI=1S/C17H24N2O3/c1-17(2,3)16(21)18-12-13-5-4-6-14(11-13)15(20)19-7-9-22-10-8-19/h4-6,11H,7-10,12H2,1-3H3,(H,18,21). The molecule has 1 fully saturated rings. The Morgan fingerprint density at radius 1 is 1.23 bits per heavy atom. The number of hydrogen-bond donors (Lipinski definition) is 1. The van der Waals surface area contributed by atoms with Crippen LogP contribution in [-0.2, 0) is 16.1 Å². The number of ether oxygens (including phenoxy) is 1. The SMILES string of the molecule is CC(C)(C)C(=O)NCc1cccc(C(=O)N2CCOCC2)c1. The normalized spacial score (nSPS) is 15.5. The molecule has 0 bridgehead atoms. The Kier molecular flexibility index (Phi) is 5.19. The van der Waals surface area contributed by atoms with E-state index in [1.807, 2.05) is 45.0 Å². The van der Waals surface area contributed by atoms with Crippen molar-refractivity contribution < 1.29 is 14.3 Å². The van der Waals surface area contributed by atoms with Crippen molar-refractivity contribution in [1.82, 2.24) is 10.2 Å². The van der Waals surface area contributed by atoms with Crippen LogP contribution in [0.25, 0.3) is 0 Å². The number of nitrogens with one attached hydrogen (secondary N) is 1. The van der Waals surface area contributed by atoms with Gasteiger partial charge in [-0.2, -0.15) is 0 Å². The third-order valence-corrected chi connectivity index (χ3v) is 3.61. The molecule has 0 aliphatic carbocycles. The number of amides is 2. The Hall–Kier alpha value is -1.88. The highest BCUT2D eigenvalue weighted by atomic mass is 16.5. The van der Waals surface area contributed by atoms with E-state index >= 15 is 0 Å². The molecule has 2 rings (SSSR count). The summed E-state index contributed by atoms with van der Waals surface area (Å²) in [6.07, 6.45) is 0. The van der Waals surface area contributed by atoms with Gasteiger partial charge in [-0.15, -0.1) is 0 Å². The molecule has 22 heavy (non-hydrogen) atoms. The molecule has 0 aromatic heterocycles. The maximum Gasteiger partial charge on any atom is 0.254 e. The van der Waals surface area contributed by atoms with Crippen molar-refractivity contribution in [3.05, 3.63) is 35.4 Å². The van der Waals surface area contributed by atoms with Gasteiger partial charge >= 0.3 is 0 Å². The van der Waals surface area contributed by atoms with Crippen LogP contribution >= 0.6 is 0 Å². The maximum atomic E-state index is 12.4. The Morgan fingerprint density at radius 3 is 2.55 bits per heavy atom. The summed E-state index contributed by atoms with van der Waals surface area (Å²) >= 11 is 0. The Labute approximate surface area is 131 Å². The van der Waals surface area contributed by atoms with Gasteiger partial charge in [0.2, 0.25) is 5.91 Å². The molecule has 2 amide bonds. The Balaban J connectivity index is 2.00. The highest BCUT2D eigenvalue weighted by Gasteiger charge is 2.21. The quantitative estimate of drug-likeness (QED) is 0.926. The largest absolute Gasteiger partial charge is 0.378 e. The van der Waals surface area contributed by atoms with Gasteiger partial charge < -0.3 is 15.0 Å². The molecule has 1 heterocycles. The fourth-order valence-corrected chi connectivity index (χ4v) is 2.21. The second kappa shape index (κ2) is 6.92. The Bertz CT molecular complexity index is 543. The minimum absolute atomic E-state index is 0.00240. The van der Waals surface area contributed by atoms with Crippen molar-refractivity contribution in [2.24, 2.45) is 5.41 Å². The molecular formula is C17H24N2O3. The molecule has 0 atom stereocenters. The summed E-state index contributed by atoms with van der Waals surface area (Å²) in [5.41, 5.74) is 1.17. The summed E-state index contributed by atoms with van der Waals surface area (Å²) in [6.45, 7) is 8.50. The van der Waals surface area contributed by atoms with Crippen molar-refractivity contribution in [3.63, 3.8) is 0 Å². The lowest BCUT2D eigenvalue weighted by atomic mass is 9.95. The molecule has 1 N–H and O–H groups in total. The van der Waals surface area contributed by atoms with Crippen LogP contribution in [0.5, 0.6) is 0 Å². The van der Waals surface area contributed by atoms with E-state index in [4.69, 9.17) is 4.74 Å². The molecule has 0 radical (unpaired) electrons. The van der Waals surface area contributed by atoms with Crippen molar-refractivity contribution in [2.75, 3.05) is 26.3 Å². The molecule has 1 saturated heterocycles. The minimum Gasteiger partial charge on any atom is -0.378 e. The predicted molar refractivity (Wildman–Crippen MR) is 84.5 cm³/mol. The van der Waals surface area contributed by atoms with Crippen LogP contribution in [0.1, 0.15) is 36.7 Å².